The smallest absolute Gasteiger partial charge is 0.172 e. The first-order chi connectivity index (χ1) is 9.61. The number of imidazole rings is 1. The summed E-state index contributed by atoms with van der Waals surface area (Å²) in [6.45, 7) is 3.80. The van der Waals surface area contributed by atoms with E-state index >= 15 is 0 Å². The van der Waals surface area contributed by atoms with Gasteiger partial charge in [0.25, 0.3) is 0 Å². The zero-order chi connectivity index (χ0) is 14.1. The van der Waals surface area contributed by atoms with Crippen LogP contribution >= 0.6 is 11.8 Å². The number of rotatable bonds is 3. The molecule has 0 saturated heterocycles. The zero-order valence-corrected chi connectivity index (χ0v) is 12.1. The van der Waals surface area contributed by atoms with Gasteiger partial charge in [-0.05, 0) is 61.0 Å². The SMILES string of the molecule is Cc1ccc2nc(Sc3cc([C@H](C)O)ccn3)[nH]c2c1. The summed E-state index contributed by atoms with van der Waals surface area (Å²) in [6.07, 6.45) is 1.22. The lowest BCUT2D eigenvalue weighted by atomic mass is 10.2. The largest absolute Gasteiger partial charge is 0.389 e. The highest BCUT2D eigenvalue weighted by atomic mass is 32.2. The van der Waals surface area contributed by atoms with E-state index < -0.39 is 6.10 Å². The number of nitrogens with zero attached hydrogens (tertiary/aromatic N) is 2. The molecule has 2 aromatic heterocycles. The van der Waals surface area contributed by atoms with Crippen LogP contribution in [0.1, 0.15) is 24.2 Å². The number of hydrogen-bond donors (Lipinski definition) is 2. The maximum absolute atomic E-state index is 9.60. The lowest BCUT2D eigenvalue weighted by Crippen LogP contribution is -1.92. The quantitative estimate of drug-likeness (QED) is 0.773. The van der Waals surface area contributed by atoms with Crippen LogP contribution in [0.2, 0.25) is 0 Å². The third-order valence-electron chi connectivity index (χ3n) is 3.06. The second-order valence-corrected chi connectivity index (χ2v) is 5.78. The monoisotopic (exact) mass is 285 g/mol. The maximum Gasteiger partial charge on any atom is 0.172 e. The fourth-order valence-corrected chi connectivity index (χ4v) is 2.80. The molecule has 1 atom stereocenters. The Morgan fingerprint density at radius 1 is 1.25 bits per heavy atom. The van der Waals surface area contributed by atoms with Crippen LogP contribution < -0.4 is 0 Å². The molecule has 1 aromatic carbocycles. The van der Waals surface area contributed by atoms with Crippen LogP contribution in [0.4, 0.5) is 0 Å². The Morgan fingerprint density at radius 2 is 2.10 bits per heavy atom. The summed E-state index contributed by atoms with van der Waals surface area (Å²) in [5, 5.41) is 11.2. The summed E-state index contributed by atoms with van der Waals surface area (Å²) < 4.78 is 0. The highest BCUT2D eigenvalue weighted by molar-refractivity contribution is 7.99. The summed E-state index contributed by atoms with van der Waals surface area (Å²) in [5.74, 6) is 0. The summed E-state index contributed by atoms with van der Waals surface area (Å²) in [7, 11) is 0. The number of pyridine rings is 1. The standard InChI is InChI=1S/C15H15N3OS/c1-9-3-4-12-13(7-9)18-15(17-12)20-14-8-11(10(2)19)5-6-16-14/h3-8,10,19H,1-2H3,(H,17,18)/t10-/m0/s1. The molecule has 0 aliphatic carbocycles. The average molecular weight is 285 g/mol. The normalized spacial score (nSPS) is 12.8. The Hall–Kier alpha value is -1.85. The molecule has 0 aliphatic heterocycles. The highest BCUT2D eigenvalue weighted by Crippen LogP contribution is 2.27. The molecule has 0 amide bonds. The number of hydrogen-bond acceptors (Lipinski definition) is 4. The Balaban J connectivity index is 1.90. The van der Waals surface area contributed by atoms with Crippen molar-refractivity contribution in [3.05, 3.63) is 47.7 Å². The molecule has 3 aromatic rings. The van der Waals surface area contributed by atoms with Crippen molar-refractivity contribution in [3.63, 3.8) is 0 Å². The fourth-order valence-electron chi connectivity index (χ4n) is 1.99. The van der Waals surface area contributed by atoms with Crippen molar-refractivity contribution in [3.8, 4) is 0 Å². The molecule has 0 radical (unpaired) electrons. The fraction of sp³-hybridized carbons (Fsp3) is 0.200. The van der Waals surface area contributed by atoms with Crippen LogP contribution in [-0.2, 0) is 0 Å². The number of nitrogens with one attached hydrogen (secondary N) is 1. The Bertz CT molecular complexity index is 752. The number of fused-ring (bicyclic) bond motifs is 1. The van der Waals surface area contributed by atoms with E-state index in [1.165, 1.54) is 17.3 Å². The average Bonchev–Trinajstić information content (AvgIpc) is 2.80. The maximum atomic E-state index is 9.60. The van der Waals surface area contributed by atoms with E-state index in [9.17, 15) is 5.11 Å². The minimum absolute atomic E-state index is 0.490. The van der Waals surface area contributed by atoms with E-state index in [1.807, 2.05) is 24.3 Å². The van der Waals surface area contributed by atoms with Crippen molar-refractivity contribution in [1.29, 1.82) is 0 Å². The van der Waals surface area contributed by atoms with Crippen LogP contribution in [0, 0.1) is 6.92 Å². The van der Waals surface area contributed by atoms with Crippen molar-refractivity contribution in [2.75, 3.05) is 0 Å². The molecule has 0 bridgehead atoms. The van der Waals surface area contributed by atoms with Crippen molar-refractivity contribution < 1.29 is 5.11 Å². The number of aliphatic hydroxyl groups is 1. The minimum atomic E-state index is -0.490. The molecule has 0 unspecified atom stereocenters. The van der Waals surface area contributed by atoms with E-state index in [1.54, 1.807) is 13.1 Å². The Labute approximate surface area is 121 Å². The number of H-pyrrole nitrogens is 1. The van der Waals surface area contributed by atoms with E-state index in [0.717, 1.165) is 26.8 Å². The van der Waals surface area contributed by atoms with Gasteiger partial charge in [0.2, 0.25) is 0 Å². The number of aryl methyl sites for hydroxylation is 1. The second-order valence-electron chi connectivity index (χ2n) is 4.77. The molecule has 2 heterocycles. The number of aliphatic hydroxyl groups excluding tert-OH is 1. The Kier molecular flexibility index (Phi) is 3.46. The molecule has 4 nitrogen and oxygen atoms in total. The molecule has 0 aliphatic rings. The summed E-state index contributed by atoms with van der Waals surface area (Å²) in [5.41, 5.74) is 4.03. The topological polar surface area (TPSA) is 61.8 Å². The van der Waals surface area contributed by atoms with Gasteiger partial charge in [-0.25, -0.2) is 9.97 Å². The van der Waals surface area contributed by atoms with Crippen LogP contribution in [0.25, 0.3) is 11.0 Å². The van der Waals surface area contributed by atoms with Crippen molar-refractivity contribution in [1.82, 2.24) is 15.0 Å². The van der Waals surface area contributed by atoms with Crippen LogP contribution in [0.3, 0.4) is 0 Å². The third kappa shape index (κ3) is 2.69. The van der Waals surface area contributed by atoms with E-state index in [2.05, 4.69) is 27.9 Å². The van der Waals surface area contributed by atoms with Gasteiger partial charge in [-0.15, -0.1) is 0 Å². The van der Waals surface area contributed by atoms with Gasteiger partial charge in [-0.1, -0.05) is 6.07 Å². The van der Waals surface area contributed by atoms with Crippen molar-refractivity contribution >= 4 is 22.8 Å². The predicted octanol–water partition coefficient (Wildman–Crippen LogP) is 3.47. The van der Waals surface area contributed by atoms with Gasteiger partial charge in [0.05, 0.1) is 17.1 Å². The van der Waals surface area contributed by atoms with Gasteiger partial charge in [-0.3, -0.25) is 0 Å². The molecule has 0 saturated carbocycles. The summed E-state index contributed by atoms with van der Waals surface area (Å²) in [4.78, 5) is 12.1. The number of aromatic amines is 1. The number of aromatic nitrogens is 3. The lowest BCUT2D eigenvalue weighted by molar-refractivity contribution is 0.199. The first-order valence-corrected chi connectivity index (χ1v) is 7.22. The van der Waals surface area contributed by atoms with Gasteiger partial charge in [-0.2, -0.15) is 0 Å². The van der Waals surface area contributed by atoms with Gasteiger partial charge < -0.3 is 10.1 Å². The van der Waals surface area contributed by atoms with Gasteiger partial charge in [0.15, 0.2) is 5.16 Å². The van der Waals surface area contributed by atoms with Gasteiger partial charge >= 0.3 is 0 Å². The third-order valence-corrected chi connectivity index (χ3v) is 3.88. The van der Waals surface area contributed by atoms with Gasteiger partial charge in [0.1, 0.15) is 5.03 Å². The summed E-state index contributed by atoms with van der Waals surface area (Å²) in [6, 6.07) is 9.82. The van der Waals surface area contributed by atoms with Crippen molar-refractivity contribution in [2.45, 2.75) is 30.1 Å². The first-order valence-electron chi connectivity index (χ1n) is 6.40. The first kappa shape index (κ1) is 13.1. The lowest BCUT2D eigenvalue weighted by Gasteiger charge is -2.05. The second kappa shape index (κ2) is 5.26. The van der Waals surface area contributed by atoms with E-state index in [-0.39, 0.29) is 0 Å². The molecule has 102 valence electrons. The molecular formula is C15H15N3OS. The molecular weight excluding hydrogens is 270 g/mol. The van der Waals surface area contributed by atoms with E-state index in [4.69, 9.17) is 0 Å². The molecule has 5 heteroatoms. The predicted molar refractivity (Wildman–Crippen MR) is 79.8 cm³/mol. The molecule has 0 fully saturated rings. The van der Waals surface area contributed by atoms with Crippen LogP contribution in [0.5, 0.6) is 0 Å². The van der Waals surface area contributed by atoms with Gasteiger partial charge in [0, 0.05) is 6.20 Å². The molecule has 0 spiro atoms. The summed E-state index contributed by atoms with van der Waals surface area (Å²) >= 11 is 1.46. The zero-order valence-electron chi connectivity index (χ0n) is 11.3. The van der Waals surface area contributed by atoms with Crippen molar-refractivity contribution in [2.24, 2.45) is 0 Å². The minimum Gasteiger partial charge on any atom is -0.389 e. The molecule has 3 rings (SSSR count). The molecule has 2 N–H and O–H groups in total. The molecule has 20 heavy (non-hydrogen) atoms. The Morgan fingerprint density at radius 3 is 2.90 bits per heavy atom. The number of benzene rings is 1. The van der Waals surface area contributed by atoms with Crippen LogP contribution in [0.15, 0.2) is 46.7 Å². The van der Waals surface area contributed by atoms with Crippen LogP contribution in [-0.4, -0.2) is 20.1 Å². The van der Waals surface area contributed by atoms with E-state index in [0.29, 0.717) is 0 Å². The highest BCUT2D eigenvalue weighted by Gasteiger charge is 2.08.